The van der Waals surface area contributed by atoms with Crippen LogP contribution in [0, 0.1) is 0 Å². The molecule has 1 N–H and O–H groups in total. The Morgan fingerprint density at radius 3 is 2.72 bits per heavy atom. The second-order valence-electron chi connectivity index (χ2n) is 3.59. The zero-order chi connectivity index (χ0) is 13.1. The number of benzene rings is 1. The molecule has 0 spiro atoms. The van der Waals surface area contributed by atoms with Gasteiger partial charge in [0, 0.05) is 17.0 Å². The molecule has 0 unspecified atom stereocenters. The molecule has 1 aromatic heterocycles. The Kier molecular flexibility index (Phi) is 4.59. The van der Waals surface area contributed by atoms with Crippen LogP contribution < -0.4 is 5.32 Å². The quantitative estimate of drug-likeness (QED) is 0.752. The Morgan fingerprint density at radius 1 is 1.22 bits per heavy atom. The van der Waals surface area contributed by atoms with Crippen LogP contribution in [-0.2, 0) is 6.42 Å². The van der Waals surface area contributed by atoms with Crippen molar-refractivity contribution < 1.29 is 0 Å². The summed E-state index contributed by atoms with van der Waals surface area (Å²) in [6.45, 7) is 2.01. The van der Waals surface area contributed by atoms with Crippen molar-refractivity contribution in [1.29, 1.82) is 0 Å². The summed E-state index contributed by atoms with van der Waals surface area (Å²) in [5.74, 6) is 1.49. The van der Waals surface area contributed by atoms with Gasteiger partial charge in [0.2, 0.25) is 0 Å². The fraction of sp³-hybridized carbons (Fsp3) is 0.167. The predicted molar refractivity (Wildman–Crippen MR) is 81.5 cm³/mol. The van der Waals surface area contributed by atoms with Gasteiger partial charge in [-0.3, -0.25) is 0 Å². The van der Waals surface area contributed by atoms with E-state index in [0.717, 1.165) is 27.0 Å². The van der Waals surface area contributed by atoms with Gasteiger partial charge in [-0.15, -0.1) is 0 Å². The van der Waals surface area contributed by atoms with E-state index in [-0.39, 0.29) is 0 Å². The average molecular weight is 391 g/mol. The summed E-state index contributed by atoms with van der Waals surface area (Å²) < 4.78 is 1.71. The normalized spacial score (nSPS) is 10.4. The number of nitrogens with one attached hydrogen (secondary N) is 1. The van der Waals surface area contributed by atoms with Crippen molar-refractivity contribution in [3.8, 4) is 0 Å². The minimum Gasteiger partial charge on any atom is -0.339 e. The van der Waals surface area contributed by atoms with Crippen LogP contribution in [0.15, 0.2) is 33.3 Å². The van der Waals surface area contributed by atoms with E-state index in [0.29, 0.717) is 10.8 Å². The van der Waals surface area contributed by atoms with Gasteiger partial charge in [0.1, 0.15) is 16.2 Å². The molecular weight excluding hydrogens is 381 g/mol. The van der Waals surface area contributed by atoms with Crippen molar-refractivity contribution in [3.05, 3.63) is 44.2 Å². The molecule has 3 nitrogen and oxygen atoms in total. The van der Waals surface area contributed by atoms with Crippen LogP contribution in [0.5, 0.6) is 0 Å². The molecule has 0 saturated carbocycles. The predicted octanol–water partition coefficient (Wildman–Crippen LogP) is 4.96. The first-order valence-electron chi connectivity index (χ1n) is 5.34. The van der Waals surface area contributed by atoms with Gasteiger partial charge in [0.15, 0.2) is 0 Å². The van der Waals surface area contributed by atoms with E-state index in [1.165, 1.54) is 0 Å². The number of nitrogens with zero attached hydrogens (tertiary/aromatic N) is 2. The largest absolute Gasteiger partial charge is 0.339 e. The van der Waals surface area contributed by atoms with Crippen molar-refractivity contribution in [2.45, 2.75) is 13.3 Å². The third-order valence-corrected chi connectivity index (χ3v) is 3.48. The Morgan fingerprint density at radius 2 is 2.00 bits per heavy atom. The summed E-state index contributed by atoms with van der Waals surface area (Å²) in [6, 6.07) is 7.44. The summed E-state index contributed by atoms with van der Waals surface area (Å²) in [7, 11) is 0. The van der Waals surface area contributed by atoms with E-state index in [4.69, 9.17) is 11.6 Å². The lowest BCUT2D eigenvalue weighted by molar-refractivity contribution is 0.931. The van der Waals surface area contributed by atoms with Gasteiger partial charge in [-0.2, -0.15) is 0 Å². The molecule has 0 radical (unpaired) electrons. The van der Waals surface area contributed by atoms with Gasteiger partial charge in [-0.1, -0.05) is 34.5 Å². The molecular formula is C12H10Br2ClN3. The van der Waals surface area contributed by atoms with Gasteiger partial charge in [-0.05, 0) is 34.1 Å². The maximum atomic E-state index is 6.12. The smallest absolute Gasteiger partial charge is 0.135 e. The molecule has 0 aliphatic rings. The van der Waals surface area contributed by atoms with Gasteiger partial charge in [0.05, 0.1) is 10.7 Å². The van der Waals surface area contributed by atoms with Crippen molar-refractivity contribution in [3.63, 3.8) is 0 Å². The summed E-state index contributed by atoms with van der Waals surface area (Å²) in [4.78, 5) is 8.65. The van der Waals surface area contributed by atoms with E-state index in [9.17, 15) is 0 Å². The third-order valence-electron chi connectivity index (χ3n) is 2.25. The van der Waals surface area contributed by atoms with E-state index >= 15 is 0 Å². The Hall–Kier alpha value is -0.650. The highest BCUT2D eigenvalue weighted by atomic mass is 79.9. The zero-order valence-electron chi connectivity index (χ0n) is 9.54. The highest BCUT2D eigenvalue weighted by Crippen LogP contribution is 2.28. The molecule has 0 fully saturated rings. The molecule has 0 bridgehead atoms. The summed E-state index contributed by atoms with van der Waals surface area (Å²) >= 11 is 12.9. The van der Waals surface area contributed by atoms with Crippen molar-refractivity contribution in [1.82, 2.24) is 9.97 Å². The van der Waals surface area contributed by atoms with Gasteiger partial charge < -0.3 is 5.32 Å². The van der Waals surface area contributed by atoms with Crippen LogP contribution in [-0.4, -0.2) is 9.97 Å². The molecule has 1 aromatic carbocycles. The van der Waals surface area contributed by atoms with E-state index < -0.39 is 0 Å². The second kappa shape index (κ2) is 5.99. The summed E-state index contributed by atoms with van der Waals surface area (Å²) in [5, 5.41) is 3.83. The number of hydrogen-bond donors (Lipinski definition) is 1. The van der Waals surface area contributed by atoms with Crippen LogP contribution in [0.1, 0.15) is 12.7 Å². The molecule has 0 aliphatic carbocycles. The fourth-order valence-electron chi connectivity index (χ4n) is 1.42. The first kappa shape index (κ1) is 13.8. The first-order chi connectivity index (χ1) is 8.58. The molecule has 94 valence electrons. The van der Waals surface area contributed by atoms with Gasteiger partial charge in [-0.25, -0.2) is 9.97 Å². The highest BCUT2D eigenvalue weighted by molar-refractivity contribution is 9.10. The lowest BCUT2D eigenvalue weighted by Gasteiger charge is -2.09. The van der Waals surface area contributed by atoms with Crippen LogP contribution in [0.3, 0.4) is 0 Å². The standard InChI is InChI=1S/C12H10Br2ClN3/c1-2-11-17-10(14)6-12(18-11)16-9-5-7(13)3-4-8(9)15/h3-6H,2H2,1H3,(H,16,17,18). The summed E-state index contributed by atoms with van der Waals surface area (Å²) in [5.41, 5.74) is 0.804. The topological polar surface area (TPSA) is 37.8 Å². The van der Waals surface area contributed by atoms with Crippen LogP contribution in [0.25, 0.3) is 0 Å². The number of hydrogen-bond acceptors (Lipinski definition) is 3. The van der Waals surface area contributed by atoms with Gasteiger partial charge >= 0.3 is 0 Å². The lowest BCUT2D eigenvalue weighted by Crippen LogP contribution is -2.00. The maximum absolute atomic E-state index is 6.12. The van der Waals surface area contributed by atoms with Crippen molar-refractivity contribution in [2.24, 2.45) is 0 Å². The number of aromatic nitrogens is 2. The van der Waals surface area contributed by atoms with E-state index in [1.54, 1.807) is 0 Å². The Labute approximate surface area is 127 Å². The van der Waals surface area contributed by atoms with Crippen LogP contribution in [0.2, 0.25) is 5.02 Å². The molecule has 2 aromatic rings. The second-order valence-corrected chi connectivity index (χ2v) is 5.73. The molecule has 2 rings (SSSR count). The molecule has 0 aliphatic heterocycles. The minimum absolute atomic E-state index is 0.644. The van der Waals surface area contributed by atoms with Crippen molar-refractivity contribution >= 4 is 55.0 Å². The number of halogens is 3. The number of rotatable bonds is 3. The number of aryl methyl sites for hydroxylation is 1. The molecule has 6 heteroatoms. The number of anilines is 2. The molecule has 0 saturated heterocycles. The fourth-order valence-corrected chi connectivity index (χ4v) is 2.37. The van der Waals surface area contributed by atoms with Crippen LogP contribution in [0.4, 0.5) is 11.5 Å². The third kappa shape index (κ3) is 3.43. The molecule has 18 heavy (non-hydrogen) atoms. The van der Waals surface area contributed by atoms with Crippen molar-refractivity contribution in [2.75, 3.05) is 5.32 Å². The summed E-state index contributed by atoms with van der Waals surface area (Å²) in [6.07, 6.45) is 0.778. The zero-order valence-corrected chi connectivity index (χ0v) is 13.5. The Balaban J connectivity index is 2.33. The van der Waals surface area contributed by atoms with E-state index in [1.807, 2.05) is 31.2 Å². The van der Waals surface area contributed by atoms with Gasteiger partial charge in [0.25, 0.3) is 0 Å². The Bertz CT molecular complexity index is 575. The first-order valence-corrected chi connectivity index (χ1v) is 7.30. The maximum Gasteiger partial charge on any atom is 0.135 e. The SMILES string of the molecule is CCc1nc(Br)cc(Nc2cc(Br)ccc2Cl)n1. The van der Waals surface area contributed by atoms with E-state index in [2.05, 4.69) is 47.1 Å². The molecule has 0 atom stereocenters. The monoisotopic (exact) mass is 389 g/mol. The molecule has 0 amide bonds. The minimum atomic E-state index is 0.644. The highest BCUT2D eigenvalue weighted by Gasteiger charge is 2.05. The lowest BCUT2D eigenvalue weighted by atomic mass is 10.3. The van der Waals surface area contributed by atoms with Crippen LogP contribution >= 0.6 is 43.5 Å². The molecule has 1 heterocycles. The average Bonchev–Trinajstić information content (AvgIpc) is 2.33.